The Balaban J connectivity index is 2.63. The van der Waals surface area contributed by atoms with Gasteiger partial charge in [-0.05, 0) is 0 Å². The van der Waals surface area contributed by atoms with Gasteiger partial charge in [-0.15, -0.1) is 0 Å². The Bertz CT molecular complexity index is 467. The van der Waals surface area contributed by atoms with Crippen LogP contribution in [0, 0.1) is 0 Å². The Morgan fingerprint density at radius 2 is 1.53 bits per heavy atom. The quantitative estimate of drug-likeness (QED) is 0.484. The lowest BCUT2D eigenvalue weighted by Gasteiger charge is -2.17. The van der Waals surface area contributed by atoms with Gasteiger partial charge in [0, 0.05) is 5.56 Å². The molecule has 0 atom stereocenters. The molecule has 19 heavy (non-hydrogen) atoms. The average molecular weight is 282 g/mol. The van der Waals surface area contributed by atoms with Gasteiger partial charge >= 0.3 is 18.1 Å². The first-order valence-electron chi connectivity index (χ1n) is 4.86. The monoisotopic (exact) mass is 282 g/mol. The SMILES string of the molecule is O=C(COC(=O)C(F)(F)C(F)(F)F)c1ccccc1. The van der Waals surface area contributed by atoms with Crippen molar-refractivity contribution in [3.8, 4) is 0 Å². The van der Waals surface area contributed by atoms with Gasteiger partial charge in [-0.1, -0.05) is 30.3 Å². The van der Waals surface area contributed by atoms with Gasteiger partial charge in [0.2, 0.25) is 0 Å². The van der Waals surface area contributed by atoms with E-state index in [1.165, 1.54) is 24.3 Å². The average Bonchev–Trinajstić information content (AvgIpc) is 2.35. The van der Waals surface area contributed by atoms with E-state index < -0.39 is 30.5 Å². The van der Waals surface area contributed by atoms with Crippen LogP contribution in [0.2, 0.25) is 0 Å². The summed E-state index contributed by atoms with van der Waals surface area (Å²) in [5.41, 5.74) is 0.0330. The number of halogens is 5. The molecule has 0 bridgehead atoms. The second kappa shape index (κ2) is 5.33. The number of Topliss-reactive ketones (excluding diaryl/α,β-unsaturated/α-hetero) is 1. The Morgan fingerprint density at radius 1 is 1.00 bits per heavy atom. The van der Waals surface area contributed by atoms with Crippen molar-refractivity contribution in [2.24, 2.45) is 0 Å². The van der Waals surface area contributed by atoms with Crippen molar-refractivity contribution >= 4 is 11.8 Å². The molecule has 1 aromatic rings. The number of rotatable bonds is 4. The predicted octanol–water partition coefficient (Wildman–Crippen LogP) is 2.61. The molecule has 0 aliphatic heterocycles. The van der Waals surface area contributed by atoms with E-state index in [0.717, 1.165) is 0 Å². The zero-order chi connectivity index (χ0) is 14.7. The zero-order valence-corrected chi connectivity index (χ0v) is 9.21. The largest absolute Gasteiger partial charge is 0.465 e. The molecule has 0 heterocycles. The van der Waals surface area contributed by atoms with E-state index in [0.29, 0.717) is 0 Å². The molecule has 1 rings (SSSR count). The molecule has 0 spiro atoms. The molecule has 0 radical (unpaired) electrons. The van der Waals surface area contributed by atoms with Crippen molar-refractivity contribution in [1.29, 1.82) is 0 Å². The van der Waals surface area contributed by atoms with Crippen LogP contribution < -0.4 is 0 Å². The fourth-order valence-corrected chi connectivity index (χ4v) is 1.04. The number of esters is 1. The lowest BCUT2D eigenvalue weighted by molar-refractivity contribution is -0.279. The maximum atomic E-state index is 12.5. The Labute approximate surface area is 104 Å². The fourth-order valence-electron chi connectivity index (χ4n) is 1.04. The molecule has 8 heteroatoms. The van der Waals surface area contributed by atoms with E-state index in [1.807, 2.05) is 0 Å². The van der Waals surface area contributed by atoms with Crippen molar-refractivity contribution in [3.05, 3.63) is 35.9 Å². The van der Waals surface area contributed by atoms with Crippen LogP contribution in [-0.4, -0.2) is 30.5 Å². The van der Waals surface area contributed by atoms with Crippen LogP contribution in [0.1, 0.15) is 10.4 Å². The molecular weight excluding hydrogens is 275 g/mol. The number of carbonyl (C=O) groups is 2. The molecule has 0 fully saturated rings. The number of carbonyl (C=O) groups excluding carboxylic acids is 2. The molecular formula is C11H7F5O3. The van der Waals surface area contributed by atoms with E-state index in [1.54, 1.807) is 6.07 Å². The van der Waals surface area contributed by atoms with Gasteiger partial charge in [0.05, 0.1) is 0 Å². The third-order valence-corrected chi connectivity index (χ3v) is 2.04. The number of benzene rings is 1. The standard InChI is InChI=1S/C11H7F5O3/c12-10(13,11(14,15)16)9(18)19-6-8(17)7-4-2-1-3-5-7/h1-5H,6H2. The summed E-state index contributed by atoms with van der Waals surface area (Å²) >= 11 is 0. The topological polar surface area (TPSA) is 43.4 Å². The van der Waals surface area contributed by atoms with Crippen LogP contribution in [0.3, 0.4) is 0 Å². The number of ketones is 1. The molecule has 0 N–H and O–H groups in total. The highest BCUT2D eigenvalue weighted by Gasteiger charge is 2.64. The molecule has 0 aliphatic carbocycles. The van der Waals surface area contributed by atoms with Crippen molar-refractivity contribution in [1.82, 2.24) is 0 Å². The van der Waals surface area contributed by atoms with E-state index in [-0.39, 0.29) is 5.56 Å². The number of ether oxygens (including phenoxy) is 1. The predicted molar refractivity (Wildman–Crippen MR) is 52.7 cm³/mol. The maximum Gasteiger partial charge on any atom is 0.465 e. The Kier molecular flexibility index (Phi) is 4.23. The first-order valence-corrected chi connectivity index (χ1v) is 4.86. The molecule has 0 aromatic heterocycles. The van der Waals surface area contributed by atoms with Crippen LogP contribution in [-0.2, 0) is 9.53 Å². The van der Waals surface area contributed by atoms with Crippen molar-refractivity contribution in [2.75, 3.05) is 6.61 Å². The van der Waals surface area contributed by atoms with Crippen LogP contribution in [0.15, 0.2) is 30.3 Å². The minimum absolute atomic E-state index is 0.0330. The molecule has 0 aliphatic rings. The molecule has 0 amide bonds. The summed E-state index contributed by atoms with van der Waals surface area (Å²) < 4.78 is 64.0. The minimum atomic E-state index is -6.06. The van der Waals surface area contributed by atoms with Gasteiger partial charge in [-0.25, -0.2) is 4.79 Å². The number of hydrogen-bond acceptors (Lipinski definition) is 3. The third-order valence-electron chi connectivity index (χ3n) is 2.04. The van der Waals surface area contributed by atoms with Crippen molar-refractivity contribution in [3.63, 3.8) is 0 Å². The summed E-state index contributed by atoms with van der Waals surface area (Å²) in [5.74, 6) is -9.32. The first kappa shape index (κ1) is 15.1. The van der Waals surface area contributed by atoms with Crippen LogP contribution in [0.4, 0.5) is 22.0 Å². The van der Waals surface area contributed by atoms with Gasteiger partial charge in [-0.3, -0.25) is 4.79 Å². The molecule has 3 nitrogen and oxygen atoms in total. The zero-order valence-electron chi connectivity index (χ0n) is 9.21. The summed E-state index contributed by atoms with van der Waals surface area (Å²) in [6.07, 6.45) is -6.06. The number of hydrogen-bond donors (Lipinski definition) is 0. The molecule has 0 unspecified atom stereocenters. The van der Waals surface area contributed by atoms with E-state index in [9.17, 15) is 31.5 Å². The summed E-state index contributed by atoms with van der Waals surface area (Å²) in [7, 11) is 0. The van der Waals surface area contributed by atoms with E-state index in [4.69, 9.17) is 0 Å². The summed E-state index contributed by atoms with van der Waals surface area (Å²) in [6, 6.07) is 7.09. The van der Waals surface area contributed by atoms with Crippen molar-refractivity contribution < 1.29 is 36.3 Å². The van der Waals surface area contributed by atoms with E-state index >= 15 is 0 Å². The summed E-state index contributed by atoms with van der Waals surface area (Å²) in [5, 5.41) is 0. The van der Waals surface area contributed by atoms with Crippen molar-refractivity contribution in [2.45, 2.75) is 12.1 Å². The lowest BCUT2D eigenvalue weighted by atomic mass is 10.1. The minimum Gasteiger partial charge on any atom is -0.453 e. The Hall–Kier alpha value is -1.99. The summed E-state index contributed by atoms with van der Waals surface area (Å²) in [6.45, 7) is -1.19. The molecule has 104 valence electrons. The third kappa shape index (κ3) is 3.49. The highest BCUT2D eigenvalue weighted by atomic mass is 19.4. The highest BCUT2D eigenvalue weighted by Crippen LogP contribution is 2.36. The molecule has 1 aromatic carbocycles. The van der Waals surface area contributed by atoms with Gasteiger partial charge in [0.15, 0.2) is 12.4 Å². The molecule has 0 saturated heterocycles. The molecule has 0 saturated carbocycles. The first-order chi connectivity index (χ1) is 8.66. The van der Waals surface area contributed by atoms with Crippen LogP contribution in [0.25, 0.3) is 0 Å². The summed E-state index contributed by atoms with van der Waals surface area (Å²) in [4.78, 5) is 21.9. The van der Waals surface area contributed by atoms with Crippen LogP contribution >= 0.6 is 0 Å². The fraction of sp³-hybridized carbons (Fsp3) is 0.273. The lowest BCUT2D eigenvalue weighted by Crippen LogP contribution is -2.45. The van der Waals surface area contributed by atoms with Gasteiger partial charge in [0.25, 0.3) is 0 Å². The smallest absolute Gasteiger partial charge is 0.453 e. The van der Waals surface area contributed by atoms with Gasteiger partial charge < -0.3 is 4.74 Å². The highest BCUT2D eigenvalue weighted by molar-refractivity contribution is 5.98. The maximum absolute atomic E-state index is 12.5. The Morgan fingerprint density at radius 3 is 2.00 bits per heavy atom. The number of alkyl halides is 5. The van der Waals surface area contributed by atoms with E-state index in [2.05, 4.69) is 4.74 Å². The van der Waals surface area contributed by atoms with Gasteiger partial charge in [-0.2, -0.15) is 22.0 Å². The second-order valence-corrected chi connectivity index (χ2v) is 3.44. The normalized spacial score (nSPS) is 12.1. The van der Waals surface area contributed by atoms with Crippen LogP contribution in [0.5, 0.6) is 0 Å². The van der Waals surface area contributed by atoms with Gasteiger partial charge in [0.1, 0.15) is 0 Å². The second-order valence-electron chi connectivity index (χ2n) is 3.44.